The fraction of sp³-hybridized carbons (Fsp3) is 0.545. The molecule has 6 nitrogen and oxygen atoms in total. The molecule has 1 fully saturated rings. The van der Waals surface area contributed by atoms with Gasteiger partial charge in [0.05, 0.1) is 17.8 Å². The van der Waals surface area contributed by atoms with Gasteiger partial charge in [0.15, 0.2) is 0 Å². The Balaban J connectivity index is 2.14. The molecule has 2 atom stereocenters. The van der Waals surface area contributed by atoms with E-state index in [4.69, 9.17) is 10.5 Å². The highest BCUT2D eigenvalue weighted by Gasteiger charge is 2.29. The number of aromatic nitrogens is 1. The lowest BCUT2D eigenvalue weighted by molar-refractivity contribution is 0.117. The van der Waals surface area contributed by atoms with Gasteiger partial charge in [-0.3, -0.25) is 4.98 Å². The fourth-order valence-corrected chi connectivity index (χ4v) is 3.13. The van der Waals surface area contributed by atoms with E-state index in [0.717, 1.165) is 0 Å². The molecule has 2 unspecified atom stereocenters. The van der Waals surface area contributed by atoms with Crippen LogP contribution in [0.15, 0.2) is 23.2 Å². The standard InChI is InChI=1S/C11H17N3O3S/c1-8-11(4-5-17-8)14-18(15,16)10-3-2-9(6-12)13-7-10/h2-3,7-8,11,14H,4-6,12H2,1H3. The molecule has 2 heterocycles. The van der Waals surface area contributed by atoms with Gasteiger partial charge in [-0.15, -0.1) is 0 Å². The molecule has 1 aliphatic heterocycles. The Kier molecular flexibility index (Phi) is 3.96. The van der Waals surface area contributed by atoms with E-state index in [1.54, 1.807) is 6.07 Å². The number of ether oxygens (including phenoxy) is 1. The van der Waals surface area contributed by atoms with Crippen LogP contribution in [0.25, 0.3) is 0 Å². The quantitative estimate of drug-likeness (QED) is 0.803. The molecule has 0 amide bonds. The number of hydrogen-bond acceptors (Lipinski definition) is 5. The molecule has 100 valence electrons. The Morgan fingerprint density at radius 2 is 2.33 bits per heavy atom. The second-order valence-electron chi connectivity index (χ2n) is 4.28. The summed E-state index contributed by atoms with van der Waals surface area (Å²) in [5.74, 6) is 0. The zero-order valence-electron chi connectivity index (χ0n) is 10.2. The van der Waals surface area contributed by atoms with Crippen molar-refractivity contribution in [2.75, 3.05) is 6.61 Å². The summed E-state index contributed by atoms with van der Waals surface area (Å²) in [6.45, 7) is 2.73. The van der Waals surface area contributed by atoms with Gasteiger partial charge < -0.3 is 10.5 Å². The highest BCUT2D eigenvalue weighted by atomic mass is 32.2. The van der Waals surface area contributed by atoms with Gasteiger partial charge in [-0.05, 0) is 25.5 Å². The van der Waals surface area contributed by atoms with Crippen molar-refractivity contribution in [1.82, 2.24) is 9.71 Å². The van der Waals surface area contributed by atoms with Crippen molar-refractivity contribution in [3.8, 4) is 0 Å². The van der Waals surface area contributed by atoms with Crippen LogP contribution in [0.5, 0.6) is 0 Å². The largest absolute Gasteiger partial charge is 0.377 e. The maximum absolute atomic E-state index is 12.1. The third-order valence-corrected chi connectivity index (χ3v) is 4.47. The van der Waals surface area contributed by atoms with E-state index in [0.29, 0.717) is 25.3 Å². The van der Waals surface area contributed by atoms with Gasteiger partial charge in [-0.2, -0.15) is 0 Å². The minimum absolute atomic E-state index is 0.101. The van der Waals surface area contributed by atoms with Crippen molar-refractivity contribution in [1.29, 1.82) is 0 Å². The highest BCUT2D eigenvalue weighted by Crippen LogP contribution is 2.16. The first-order chi connectivity index (χ1) is 8.53. The molecule has 0 bridgehead atoms. The fourth-order valence-electron chi connectivity index (χ4n) is 1.84. The lowest BCUT2D eigenvalue weighted by atomic mass is 10.2. The van der Waals surface area contributed by atoms with Crippen molar-refractivity contribution < 1.29 is 13.2 Å². The molecule has 0 spiro atoms. The van der Waals surface area contributed by atoms with E-state index in [9.17, 15) is 8.42 Å². The second kappa shape index (κ2) is 5.31. The van der Waals surface area contributed by atoms with Crippen LogP contribution >= 0.6 is 0 Å². The summed E-state index contributed by atoms with van der Waals surface area (Å²) in [5, 5.41) is 0. The molecule has 3 N–H and O–H groups in total. The SMILES string of the molecule is CC1OCCC1NS(=O)(=O)c1ccc(CN)nc1. The van der Waals surface area contributed by atoms with Gasteiger partial charge >= 0.3 is 0 Å². The number of nitrogens with one attached hydrogen (secondary N) is 1. The monoisotopic (exact) mass is 271 g/mol. The minimum Gasteiger partial charge on any atom is -0.377 e. The molecule has 1 aromatic heterocycles. The van der Waals surface area contributed by atoms with Gasteiger partial charge in [-0.1, -0.05) is 0 Å². The van der Waals surface area contributed by atoms with Crippen molar-refractivity contribution in [3.05, 3.63) is 24.0 Å². The van der Waals surface area contributed by atoms with Crippen molar-refractivity contribution in [2.45, 2.75) is 36.9 Å². The Hall–Kier alpha value is -1.02. The number of hydrogen-bond donors (Lipinski definition) is 2. The molecule has 1 saturated heterocycles. The predicted molar refractivity (Wildman–Crippen MR) is 66.3 cm³/mol. The van der Waals surface area contributed by atoms with Crippen LogP contribution in [0.1, 0.15) is 19.0 Å². The first kappa shape index (κ1) is 13.4. The maximum Gasteiger partial charge on any atom is 0.242 e. The van der Waals surface area contributed by atoms with E-state index in [2.05, 4.69) is 9.71 Å². The molecule has 2 rings (SSSR count). The summed E-state index contributed by atoms with van der Waals surface area (Å²) in [6, 6.07) is 2.95. The van der Waals surface area contributed by atoms with Crippen LogP contribution in [0.2, 0.25) is 0 Å². The molecule has 0 aliphatic carbocycles. The van der Waals surface area contributed by atoms with Crippen LogP contribution in [-0.4, -0.2) is 32.2 Å². The Morgan fingerprint density at radius 3 is 2.83 bits per heavy atom. The molecule has 0 aromatic carbocycles. The number of pyridine rings is 1. The number of nitrogens with two attached hydrogens (primary N) is 1. The Bertz CT molecular complexity index is 501. The van der Waals surface area contributed by atoms with Gasteiger partial charge in [0.1, 0.15) is 4.90 Å². The molecule has 0 saturated carbocycles. The minimum atomic E-state index is -3.53. The number of nitrogens with zero attached hydrogens (tertiary/aromatic N) is 1. The van der Waals surface area contributed by atoms with Crippen LogP contribution < -0.4 is 10.5 Å². The van der Waals surface area contributed by atoms with Crippen molar-refractivity contribution in [2.24, 2.45) is 5.73 Å². The second-order valence-corrected chi connectivity index (χ2v) is 6.00. The average Bonchev–Trinajstić information content (AvgIpc) is 2.74. The lowest BCUT2D eigenvalue weighted by Gasteiger charge is -2.16. The summed E-state index contributed by atoms with van der Waals surface area (Å²) < 4.78 is 32.2. The predicted octanol–water partition coefficient (Wildman–Crippen LogP) is -0.00400. The van der Waals surface area contributed by atoms with Crippen LogP contribution in [0.3, 0.4) is 0 Å². The number of rotatable bonds is 4. The Morgan fingerprint density at radius 1 is 1.56 bits per heavy atom. The molecule has 1 aromatic rings. The van der Waals surface area contributed by atoms with E-state index < -0.39 is 10.0 Å². The third-order valence-electron chi connectivity index (χ3n) is 3.00. The summed E-state index contributed by atoms with van der Waals surface area (Å²) in [4.78, 5) is 4.13. The van der Waals surface area contributed by atoms with E-state index in [1.165, 1.54) is 12.3 Å². The van der Waals surface area contributed by atoms with E-state index in [-0.39, 0.29) is 17.0 Å². The lowest BCUT2D eigenvalue weighted by Crippen LogP contribution is -2.39. The molecule has 7 heteroatoms. The van der Waals surface area contributed by atoms with Crippen molar-refractivity contribution >= 4 is 10.0 Å². The van der Waals surface area contributed by atoms with Crippen LogP contribution in [0, 0.1) is 0 Å². The van der Waals surface area contributed by atoms with Crippen LogP contribution in [-0.2, 0) is 21.3 Å². The molecular formula is C11H17N3O3S. The van der Waals surface area contributed by atoms with Gasteiger partial charge in [-0.25, -0.2) is 13.1 Å². The normalized spacial score (nSPS) is 24.3. The summed E-state index contributed by atoms with van der Waals surface area (Å²) in [7, 11) is -3.53. The first-order valence-electron chi connectivity index (χ1n) is 5.82. The first-order valence-corrected chi connectivity index (χ1v) is 7.30. The van der Waals surface area contributed by atoms with E-state index in [1.807, 2.05) is 6.92 Å². The molecule has 18 heavy (non-hydrogen) atoms. The van der Waals surface area contributed by atoms with Gasteiger partial charge in [0.2, 0.25) is 10.0 Å². The zero-order chi connectivity index (χ0) is 13.2. The van der Waals surface area contributed by atoms with Gasteiger partial charge in [0, 0.05) is 19.3 Å². The van der Waals surface area contributed by atoms with Gasteiger partial charge in [0.25, 0.3) is 0 Å². The maximum atomic E-state index is 12.1. The average molecular weight is 271 g/mol. The highest BCUT2D eigenvalue weighted by molar-refractivity contribution is 7.89. The summed E-state index contributed by atoms with van der Waals surface area (Å²) in [5.41, 5.74) is 6.07. The molecule has 1 aliphatic rings. The Labute approximate surface area is 107 Å². The number of sulfonamides is 1. The summed E-state index contributed by atoms with van der Waals surface area (Å²) >= 11 is 0. The van der Waals surface area contributed by atoms with Crippen LogP contribution in [0.4, 0.5) is 0 Å². The van der Waals surface area contributed by atoms with E-state index >= 15 is 0 Å². The zero-order valence-corrected chi connectivity index (χ0v) is 11.0. The molecular weight excluding hydrogens is 254 g/mol. The third kappa shape index (κ3) is 2.86. The molecule has 0 radical (unpaired) electrons. The topological polar surface area (TPSA) is 94.3 Å². The smallest absolute Gasteiger partial charge is 0.242 e. The van der Waals surface area contributed by atoms with Crippen molar-refractivity contribution in [3.63, 3.8) is 0 Å². The summed E-state index contributed by atoms with van der Waals surface area (Å²) in [6.07, 6.45) is 1.91.